The Kier molecular flexibility index (Phi) is 6.33. The number of amides is 1. The number of hydrogen-bond donors (Lipinski definition) is 3. The molecule has 1 rings (SSSR count). The number of benzene rings is 1. The number of aliphatic carboxylic acids is 1. The summed E-state index contributed by atoms with van der Waals surface area (Å²) in [5.74, 6) is -1.71. The number of rotatable bonds is 7. The Labute approximate surface area is 124 Å². The molecule has 0 heterocycles. The quantitative estimate of drug-likeness (QED) is 0.581. The van der Waals surface area contributed by atoms with Crippen molar-refractivity contribution in [3.8, 4) is 0 Å². The molecule has 0 aliphatic carbocycles. The number of carbonyl (C=O) groups excluding carboxylic acids is 2. The Balaban J connectivity index is 2.63. The lowest BCUT2D eigenvalue weighted by atomic mass is 10.1. The fourth-order valence-electron chi connectivity index (χ4n) is 2.08. The molecule has 21 heavy (non-hydrogen) atoms. The molecule has 1 aromatic rings. The second kappa shape index (κ2) is 7.75. The number of quaternary nitrogens is 1. The van der Waals surface area contributed by atoms with Crippen LogP contribution in [0, 0.1) is 13.8 Å². The fraction of sp³-hybridized carbons (Fsp3) is 0.467. The first-order chi connectivity index (χ1) is 9.77. The predicted octanol–water partition coefficient (Wildman–Crippen LogP) is -1.31. The highest BCUT2D eigenvalue weighted by Gasteiger charge is 2.19. The van der Waals surface area contributed by atoms with E-state index in [1.165, 1.54) is 5.32 Å². The molecule has 6 heteroatoms. The number of carboxylic acids is 1. The molecule has 2 atom stereocenters. The van der Waals surface area contributed by atoms with Crippen LogP contribution in [0.4, 0.5) is 5.69 Å². The Morgan fingerprint density at radius 2 is 1.86 bits per heavy atom. The van der Waals surface area contributed by atoms with Gasteiger partial charge in [-0.15, -0.1) is 0 Å². The summed E-state index contributed by atoms with van der Waals surface area (Å²) in [6.07, 6.45) is -0.850. The number of carboxylic acid groups (broad SMARTS) is 1. The van der Waals surface area contributed by atoms with Crippen LogP contribution in [0.1, 0.15) is 24.5 Å². The highest BCUT2D eigenvalue weighted by molar-refractivity contribution is 5.93. The largest absolute Gasteiger partial charge is 0.544 e. The number of aliphatic hydroxyl groups is 1. The fourth-order valence-corrected chi connectivity index (χ4v) is 2.08. The van der Waals surface area contributed by atoms with Gasteiger partial charge in [0.25, 0.3) is 0 Å². The third kappa shape index (κ3) is 6.37. The maximum atomic E-state index is 11.9. The summed E-state index contributed by atoms with van der Waals surface area (Å²) in [4.78, 5) is 22.9. The van der Waals surface area contributed by atoms with E-state index in [0.29, 0.717) is 5.69 Å². The molecule has 0 aliphatic rings. The highest BCUT2D eigenvalue weighted by Crippen LogP contribution is 2.13. The van der Waals surface area contributed by atoms with E-state index in [0.717, 1.165) is 11.1 Å². The van der Waals surface area contributed by atoms with E-state index in [1.54, 1.807) is 6.92 Å². The number of anilines is 1. The predicted molar refractivity (Wildman–Crippen MR) is 76.4 cm³/mol. The minimum Gasteiger partial charge on any atom is -0.544 e. The van der Waals surface area contributed by atoms with Gasteiger partial charge in [0.1, 0.15) is 12.6 Å². The van der Waals surface area contributed by atoms with Crippen molar-refractivity contribution < 1.29 is 25.1 Å². The van der Waals surface area contributed by atoms with Crippen molar-refractivity contribution in [3.63, 3.8) is 0 Å². The zero-order valence-electron chi connectivity index (χ0n) is 12.6. The van der Waals surface area contributed by atoms with Gasteiger partial charge in [-0.05, 0) is 44.0 Å². The molecule has 4 N–H and O–H groups in total. The zero-order chi connectivity index (χ0) is 16.0. The monoisotopic (exact) mass is 294 g/mol. The van der Waals surface area contributed by atoms with Crippen LogP contribution >= 0.6 is 0 Å². The third-order valence-corrected chi connectivity index (χ3v) is 2.98. The summed E-state index contributed by atoms with van der Waals surface area (Å²) in [7, 11) is 0. The number of aryl methyl sites for hydroxylation is 2. The first-order valence-corrected chi connectivity index (χ1v) is 6.88. The summed E-state index contributed by atoms with van der Waals surface area (Å²) >= 11 is 0. The molecule has 0 bridgehead atoms. The first kappa shape index (κ1) is 17.1. The Morgan fingerprint density at radius 1 is 1.29 bits per heavy atom. The molecule has 0 fully saturated rings. The Morgan fingerprint density at radius 3 is 2.33 bits per heavy atom. The summed E-state index contributed by atoms with van der Waals surface area (Å²) in [5.41, 5.74) is 2.68. The molecule has 0 saturated heterocycles. The van der Waals surface area contributed by atoms with E-state index in [2.05, 4.69) is 5.32 Å². The van der Waals surface area contributed by atoms with Crippen molar-refractivity contribution in [1.29, 1.82) is 0 Å². The van der Waals surface area contributed by atoms with Crippen LogP contribution in [-0.4, -0.2) is 35.7 Å². The van der Waals surface area contributed by atoms with Crippen molar-refractivity contribution >= 4 is 17.6 Å². The molecular formula is C15H22N2O4. The normalized spacial score (nSPS) is 13.5. The smallest absolute Gasteiger partial charge is 0.230 e. The van der Waals surface area contributed by atoms with Gasteiger partial charge in [-0.3, -0.25) is 4.79 Å². The lowest BCUT2D eigenvalue weighted by molar-refractivity contribution is -0.687. The van der Waals surface area contributed by atoms with Crippen molar-refractivity contribution in [3.05, 3.63) is 29.3 Å². The summed E-state index contributed by atoms with van der Waals surface area (Å²) in [6, 6.07) is 4.61. The molecule has 0 radical (unpaired) electrons. The minimum atomic E-state index is -1.31. The van der Waals surface area contributed by atoms with Gasteiger partial charge in [-0.1, -0.05) is 6.07 Å². The number of nitrogens with one attached hydrogen (secondary N) is 1. The van der Waals surface area contributed by atoms with Crippen LogP contribution in [0.5, 0.6) is 0 Å². The van der Waals surface area contributed by atoms with E-state index in [9.17, 15) is 14.7 Å². The SMILES string of the molecule is Cc1cc(C)cc(NC(=O)C[C@H]([NH2+]C[C@H](C)O)C(=O)[O-])c1. The molecule has 1 aromatic carbocycles. The van der Waals surface area contributed by atoms with Gasteiger partial charge < -0.3 is 25.6 Å². The number of nitrogens with two attached hydrogens (primary N) is 1. The number of carbonyl (C=O) groups is 2. The van der Waals surface area contributed by atoms with E-state index >= 15 is 0 Å². The summed E-state index contributed by atoms with van der Waals surface area (Å²) < 4.78 is 0. The lowest BCUT2D eigenvalue weighted by Gasteiger charge is -2.17. The average Bonchev–Trinajstić information content (AvgIpc) is 2.32. The van der Waals surface area contributed by atoms with Crippen molar-refractivity contribution in [1.82, 2.24) is 0 Å². The highest BCUT2D eigenvalue weighted by atomic mass is 16.4. The van der Waals surface area contributed by atoms with Crippen LogP contribution in [0.15, 0.2) is 18.2 Å². The maximum absolute atomic E-state index is 11.9. The Hall–Kier alpha value is -1.92. The van der Waals surface area contributed by atoms with E-state index in [1.807, 2.05) is 32.0 Å². The summed E-state index contributed by atoms with van der Waals surface area (Å²) in [6.45, 7) is 5.60. The van der Waals surface area contributed by atoms with Gasteiger partial charge in [0, 0.05) is 5.69 Å². The van der Waals surface area contributed by atoms with Crippen LogP contribution in [0.2, 0.25) is 0 Å². The Bertz CT molecular complexity index is 494. The van der Waals surface area contributed by atoms with Gasteiger partial charge in [0.15, 0.2) is 0 Å². The van der Waals surface area contributed by atoms with Gasteiger partial charge in [-0.2, -0.15) is 0 Å². The molecule has 0 unspecified atom stereocenters. The lowest BCUT2D eigenvalue weighted by Crippen LogP contribution is -2.94. The molecule has 0 aromatic heterocycles. The molecule has 6 nitrogen and oxygen atoms in total. The topological polar surface area (TPSA) is 106 Å². The number of hydrogen-bond acceptors (Lipinski definition) is 4. The van der Waals surface area contributed by atoms with Crippen LogP contribution in [0.3, 0.4) is 0 Å². The molecule has 116 valence electrons. The molecular weight excluding hydrogens is 272 g/mol. The minimum absolute atomic E-state index is 0.204. The number of aliphatic hydroxyl groups excluding tert-OH is 1. The molecule has 0 aliphatic heterocycles. The van der Waals surface area contributed by atoms with Crippen molar-refractivity contribution in [2.75, 3.05) is 11.9 Å². The van der Waals surface area contributed by atoms with E-state index in [4.69, 9.17) is 5.11 Å². The maximum Gasteiger partial charge on any atom is 0.230 e. The average molecular weight is 294 g/mol. The molecule has 0 saturated carbocycles. The van der Waals surface area contributed by atoms with Crippen LogP contribution in [-0.2, 0) is 9.59 Å². The van der Waals surface area contributed by atoms with Crippen molar-refractivity contribution in [2.24, 2.45) is 0 Å². The van der Waals surface area contributed by atoms with E-state index in [-0.39, 0.29) is 13.0 Å². The van der Waals surface area contributed by atoms with Crippen LogP contribution in [0.25, 0.3) is 0 Å². The second-order valence-corrected chi connectivity index (χ2v) is 5.37. The van der Waals surface area contributed by atoms with Gasteiger partial charge >= 0.3 is 0 Å². The molecule has 0 spiro atoms. The summed E-state index contributed by atoms with van der Waals surface area (Å²) in [5, 5.41) is 24.3. The standard InChI is InChI=1S/C15H22N2O4/c1-9-4-10(2)6-12(5-9)17-14(19)7-13(15(20)21)16-8-11(3)18/h4-6,11,13,16,18H,7-8H2,1-3H3,(H,17,19)(H,20,21)/t11-,13-/m0/s1. The second-order valence-electron chi connectivity index (χ2n) is 5.37. The third-order valence-electron chi connectivity index (χ3n) is 2.98. The van der Waals surface area contributed by atoms with E-state index < -0.39 is 24.0 Å². The molecule has 1 amide bonds. The first-order valence-electron chi connectivity index (χ1n) is 6.88. The van der Waals surface area contributed by atoms with Gasteiger partial charge in [-0.25, -0.2) is 0 Å². The van der Waals surface area contributed by atoms with Crippen molar-refractivity contribution in [2.45, 2.75) is 39.3 Å². The van der Waals surface area contributed by atoms with Crippen LogP contribution < -0.4 is 15.7 Å². The van der Waals surface area contributed by atoms with Gasteiger partial charge in [0.2, 0.25) is 5.91 Å². The zero-order valence-corrected chi connectivity index (χ0v) is 12.6. The van der Waals surface area contributed by atoms with Gasteiger partial charge in [0.05, 0.1) is 18.5 Å².